The predicted molar refractivity (Wildman–Crippen MR) is 92.0 cm³/mol. The van der Waals surface area contributed by atoms with Crippen LogP contribution < -0.4 is 0 Å². The summed E-state index contributed by atoms with van der Waals surface area (Å²) < 4.78 is 10.9. The summed E-state index contributed by atoms with van der Waals surface area (Å²) in [6.07, 6.45) is 3.08. The van der Waals surface area contributed by atoms with Crippen LogP contribution in [-0.2, 0) is 9.53 Å². The molecule has 1 aromatic carbocycles. The Hall–Kier alpha value is -2.63. The van der Waals surface area contributed by atoms with Crippen molar-refractivity contribution in [1.82, 2.24) is 9.88 Å². The van der Waals surface area contributed by atoms with E-state index in [2.05, 4.69) is 4.98 Å². The van der Waals surface area contributed by atoms with E-state index in [1.807, 2.05) is 43.0 Å². The highest BCUT2D eigenvalue weighted by atomic mass is 16.5. The van der Waals surface area contributed by atoms with E-state index < -0.39 is 5.97 Å². The molecule has 1 fully saturated rings. The smallest absolute Gasteiger partial charge is 0.361 e. The Bertz CT molecular complexity index is 751. The number of hydrogen-bond donors (Lipinski definition) is 0. The Balaban J connectivity index is 1.60. The minimum Gasteiger partial charge on any atom is -0.458 e. The summed E-state index contributed by atoms with van der Waals surface area (Å²) >= 11 is 0. The van der Waals surface area contributed by atoms with Gasteiger partial charge in [-0.05, 0) is 20.3 Å². The van der Waals surface area contributed by atoms with Crippen LogP contribution in [0.1, 0.15) is 42.2 Å². The molecular weight excluding hydrogens is 320 g/mol. The van der Waals surface area contributed by atoms with E-state index in [-0.39, 0.29) is 17.7 Å². The van der Waals surface area contributed by atoms with Gasteiger partial charge in [0.2, 0.25) is 5.91 Å². The Labute approximate surface area is 146 Å². The number of nitrogens with zero attached hydrogens (tertiary/aromatic N) is 2. The number of aromatic nitrogens is 1. The highest BCUT2D eigenvalue weighted by Gasteiger charge is 2.24. The van der Waals surface area contributed by atoms with Crippen LogP contribution in [0.5, 0.6) is 0 Å². The van der Waals surface area contributed by atoms with Gasteiger partial charge in [0.05, 0.1) is 0 Å². The zero-order valence-electron chi connectivity index (χ0n) is 14.5. The van der Waals surface area contributed by atoms with Gasteiger partial charge in [-0.1, -0.05) is 29.8 Å². The molecule has 0 N–H and O–H groups in total. The van der Waals surface area contributed by atoms with Crippen molar-refractivity contribution in [3.8, 4) is 11.3 Å². The number of hydrogen-bond acceptors (Lipinski definition) is 5. The molecule has 1 aliphatic heterocycles. The van der Waals surface area contributed by atoms with E-state index in [0.29, 0.717) is 25.1 Å². The number of amides is 1. The molecule has 1 saturated heterocycles. The highest BCUT2D eigenvalue weighted by molar-refractivity contribution is 5.93. The first-order valence-electron chi connectivity index (χ1n) is 8.54. The second kappa shape index (κ2) is 7.51. The first-order chi connectivity index (χ1) is 12.0. The molecule has 1 aliphatic rings. The van der Waals surface area contributed by atoms with E-state index in [9.17, 15) is 9.59 Å². The van der Waals surface area contributed by atoms with Gasteiger partial charge >= 0.3 is 5.97 Å². The molecule has 6 nitrogen and oxygen atoms in total. The van der Waals surface area contributed by atoms with Gasteiger partial charge in [-0.3, -0.25) is 4.79 Å². The van der Waals surface area contributed by atoms with Crippen LogP contribution in [0, 0.1) is 6.92 Å². The van der Waals surface area contributed by atoms with Crippen LogP contribution in [0.3, 0.4) is 0 Å². The minimum absolute atomic E-state index is 0.174. The fraction of sp³-hybridized carbons (Fsp3) is 0.421. The molecule has 1 aromatic heterocycles. The molecule has 0 saturated carbocycles. The molecule has 6 heteroatoms. The Morgan fingerprint density at radius 3 is 2.80 bits per heavy atom. The van der Waals surface area contributed by atoms with Gasteiger partial charge in [0.15, 0.2) is 17.8 Å². The maximum Gasteiger partial charge on any atom is 0.361 e. The van der Waals surface area contributed by atoms with Crippen LogP contribution >= 0.6 is 0 Å². The minimum atomic E-state index is -0.510. The van der Waals surface area contributed by atoms with Gasteiger partial charge in [-0.25, -0.2) is 9.78 Å². The molecule has 0 spiro atoms. The lowest BCUT2D eigenvalue weighted by atomic mass is 10.1. The molecule has 0 bridgehead atoms. The first-order valence-corrected chi connectivity index (χ1v) is 8.54. The van der Waals surface area contributed by atoms with Gasteiger partial charge in [0.1, 0.15) is 6.10 Å². The van der Waals surface area contributed by atoms with Crippen LogP contribution in [0.25, 0.3) is 11.3 Å². The number of rotatable bonds is 6. The number of carbonyl (C=O) groups excluding carboxylic acids is 2. The SMILES string of the molecule is Cc1ccc(-c2ocnc2C(=O)O[C@H](C)CCN2CCCC2=O)cc1. The second-order valence-corrected chi connectivity index (χ2v) is 6.39. The topological polar surface area (TPSA) is 72.6 Å². The molecule has 2 heterocycles. The van der Waals surface area contributed by atoms with Crippen molar-refractivity contribution in [2.24, 2.45) is 0 Å². The van der Waals surface area contributed by atoms with Crippen molar-refractivity contribution < 1.29 is 18.7 Å². The van der Waals surface area contributed by atoms with Crippen LogP contribution in [0.2, 0.25) is 0 Å². The number of esters is 1. The lowest BCUT2D eigenvalue weighted by Gasteiger charge is -2.18. The molecule has 2 aromatic rings. The highest BCUT2D eigenvalue weighted by Crippen LogP contribution is 2.24. The van der Waals surface area contributed by atoms with Crippen molar-refractivity contribution >= 4 is 11.9 Å². The van der Waals surface area contributed by atoms with Crippen molar-refractivity contribution in [2.75, 3.05) is 13.1 Å². The normalized spacial score (nSPS) is 15.4. The van der Waals surface area contributed by atoms with Crippen molar-refractivity contribution in [2.45, 2.75) is 39.2 Å². The third-order valence-corrected chi connectivity index (χ3v) is 4.36. The quantitative estimate of drug-likeness (QED) is 0.754. The van der Waals surface area contributed by atoms with Gasteiger partial charge in [0, 0.05) is 31.5 Å². The molecule has 0 radical (unpaired) electrons. The number of carbonyl (C=O) groups is 2. The van der Waals surface area contributed by atoms with Gasteiger partial charge in [-0.2, -0.15) is 0 Å². The van der Waals surface area contributed by atoms with E-state index >= 15 is 0 Å². The lowest BCUT2D eigenvalue weighted by molar-refractivity contribution is -0.127. The van der Waals surface area contributed by atoms with Gasteiger partial charge < -0.3 is 14.1 Å². The Morgan fingerprint density at radius 2 is 2.12 bits per heavy atom. The van der Waals surface area contributed by atoms with Crippen LogP contribution in [0.15, 0.2) is 35.1 Å². The molecule has 1 atom stereocenters. The lowest BCUT2D eigenvalue weighted by Crippen LogP contribution is -2.29. The average Bonchev–Trinajstić information content (AvgIpc) is 3.22. The Kier molecular flexibility index (Phi) is 5.16. The van der Waals surface area contributed by atoms with E-state index in [1.165, 1.54) is 6.39 Å². The summed E-state index contributed by atoms with van der Waals surface area (Å²) in [5, 5.41) is 0. The number of likely N-dealkylation sites (tertiary alicyclic amines) is 1. The number of aryl methyl sites for hydroxylation is 1. The van der Waals surface area contributed by atoms with E-state index in [4.69, 9.17) is 9.15 Å². The molecule has 0 unspecified atom stereocenters. The summed E-state index contributed by atoms with van der Waals surface area (Å²) in [7, 11) is 0. The molecule has 25 heavy (non-hydrogen) atoms. The van der Waals surface area contributed by atoms with Crippen molar-refractivity contribution in [3.63, 3.8) is 0 Å². The van der Waals surface area contributed by atoms with E-state index in [0.717, 1.165) is 24.1 Å². The third kappa shape index (κ3) is 4.07. The average molecular weight is 342 g/mol. The molecule has 132 valence electrons. The molecular formula is C19H22N2O4. The maximum absolute atomic E-state index is 12.4. The largest absolute Gasteiger partial charge is 0.458 e. The standard InChI is InChI=1S/C19H22N2O4/c1-13-5-7-15(8-6-13)18-17(20-12-24-18)19(23)25-14(2)9-11-21-10-3-4-16(21)22/h5-8,12,14H,3-4,9-11H2,1-2H3/t14-/m1/s1. The third-order valence-electron chi connectivity index (χ3n) is 4.36. The monoisotopic (exact) mass is 342 g/mol. The molecule has 1 amide bonds. The molecule has 3 rings (SSSR count). The zero-order chi connectivity index (χ0) is 17.8. The van der Waals surface area contributed by atoms with Gasteiger partial charge in [0.25, 0.3) is 0 Å². The summed E-state index contributed by atoms with van der Waals surface area (Å²) in [5.74, 6) is 0.0770. The van der Waals surface area contributed by atoms with E-state index in [1.54, 1.807) is 0 Å². The van der Waals surface area contributed by atoms with Gasteiger partial charge in [-0.15, -0.1) is 0 Å². The fourth-order valence-corrected chi connectivity index (χ4v) is 2.88. The number of ether oxygens (including phenoxy) is 1. The van der Waals surface area contributed by atoms with Crippen LogP contribution in [-0.4, -0.2) is 41.0 Å². The number of oxazole rings is 1. The van der Waals surface area contributed by atoms with Crippen molar-refractivity contribution in [1.29, 1.82) is 0 Å². The molecule has 0 aliphatic carbocycles. The zero-order valence-corrected chi connectivity index (χ0v) is 14.5. The fourth-order valence-electron chi connectivity index (χ4n) is 2.88. The predicted octanol–water partition coefficient (Wildman–Crippen LogP) is 3.21. The first kappa shape index (κ1) is 17.2. The number of benzene rings is 1. The van der Waals surface area contributed by atoms with Crippen LogP contribution in [0.4, 0.5) is 0 Å². The summed E-state index contributed by atoms with van der Waals surface area (Å²) in [6.45, 7) is 5.22. The summed E-state index contributed by atoms with van der Waals surface area (Å²) in [4.78, 5) is 29.9. The Morgan fingerprint density at radius 1 is 1.36 bits per heavy atom. The summed E-state index contributed by atoms with van der Waals surface area (Å²) in [5.41, 5.74) is 2.08. The maximum atomic E-state index is 12.4. The second-order valence-electron chi connectivity index (χ2n) is 6.39. The summed E-state index contributed by atoms with van der Waals surface area (Å²) in [6, 6.07) is 7.66. The van der Waals surface area contributed by atoms with Crippen molar-refractivity contribution in [3.05, 3.63) is 41.9 Å².